The number of carbonyl (C=O) groups is 2. The van der Waals surface area contributed by atoms with Crippen LogP contribution in [0.5, 0.6) is 5.75 Å². The van der Waals surface area contributed by atoms with Gasteiger partial charge in [0.25, 0.3) is 0 Å². The Balaban J connectivity index is 1.29. The fourth-order valence-electron chi connectivity index (χ4n) is 3.14. The van der Waals surface area contributed by atoms with Crippen molar-refractivity contribution < 1.29 is 14.3 Å². The number of rotatable bonds is 8. The van der Waals surface area contributed by atoms with E-state index in [9.17, 15) is 9.59 Å². The summed E-state index contributed by atoms with van der Waals surface area (Å²) in [4.78, 5) is 28.2. The van der Waals surface area contributed by atoms with Gasteiger partial charge in [-0.2, -0.15) is 0 Å². The molecule has 0 atom stereocenters. The lowest BCUT2D eigenvalue weighted by molar-refractivity contribution is -0.133. The number of hydrogen-bond acceptors (Lipinski definition) is 4. The van der Waals surface area contributed by atoms with Crippen molar-refractivity contribution in [3.63, 3.8) is 0 Å². The highest BCUT2D eigenvalue weighted by atomic mass is 16.5. The Bertz CT molecular complexity index is 622. The number of hydrogen-bond donors (Lipinski definition) is 1. The van der Waals surface area contributed by atoms with Crippen molar-refractivity contribution in [3.05, 3.63) is 29.8 Å². The molecule has 1 aromatic rings. The van der Waals surface area contributed by atoms with Crippen molar-refractivity contribution in [1.29, 1.82) is 0 Å². The number of aryl methyl sites for hydroxylation is 1. The number of nitrogens with zero attached hydrogens (tertiary/aromatic N) is 2. The fourth-order valence-corrected chi connectivity index (χ4v) is 3.14. The molecule has 0 aromatic heterocycles. The molecular weight excluding hydrogens is 330 g/mol. The van der Waals surface area contributed by atoms with E-state index in [1.165, 1.54) is 0 Å². The third kappa shape index (κ3) is 5.73. The van der Waals surface area contributed by atoms with Crippen LogP contribution in [0.25, 0.3) is 0 Å². The summed E-state index contributed by atoms with van der Waals surface area (Å²) in [6.45, 7) is 5.96. The lowest BCUT2D eigenvalue weighted by atomic mass is 10.2. The second kappa shape index (κ2) is 9.03. The molecule has 1 heterocycles. The van der Waals surface area contributed by atoms with E-state index in [2.05, 4.69) is 10.2 Å². The first-order valence-corrected chi connectivity index (χ1v) is 9.60. The van der Waals surface area contributed by atoms with E-state index in [1.807, 2.05) is 36.1 Å². The van der Waals surface area contributed by atoms with Crippen LogP contribution in [0.3, 0.4) is 0 Å². The topological polar surface area (TPSA) is 61.9 Å². The number of ether oxygens (including phenoxy) is 1. The zero-order valence-electron chi connectivity index (χ0n) is 15.6. The molecule has 0 radical (unpaired) electrons. The molecule has 1 N–H and O–H groups in total. The van der Waals surface area contributed by atoms with Gasteiger partial charge in [-0.25, -0.2) is 0 Å². The second-order valence-electron chi connectivity index (χ2n) is 7.22. The maximum absolute atomic E-state index is 12.3. The van der Waals surface area contributed by atoms with Gasteiger partial charge in [-0.15, -0.1) is 0 Å². The van der Waals surface area contributed by atoms with Gasteiger partial charge in [-0.1, -0.05) is 18.2 Å². The highest BCUT2D eigenvalue weighted by Gasteiger charge is 2.26. The van der Waals surface area contributed by atoms with Crippen LogP contribution in [-0.4, -0.2) is 67.0 Å². The standard InChI is InChI=1S/C20H29N3O3/c1-16-5-2-3-6-18(16)26-14-4-7-20(25)23-12-10-22(11-13-23)15-19(24)21-17-8-9-17/h2-3,5-6,17H,4,7-15H2,1H3,(H,21,24). The summed E-state index contributed by atoms with van der Waals surface area (Å²) >= 11 is 0. The molecule has 1 aliphatic heterocycles. The zero-order chi connectivity index (χ0) is 18.4. The van der Waals surface area contributed by atoms with Crippen LogP contribution >= 0.6 is 0 Å². The van der Waals surface area contributed by atoms with E-state index in [-0.39, 0.29) is 11.8 Å². The molecule has 2 aliphatic rings. The molecule has 2 fully saturated rings. The number of carbonyl (C=O) groups excluding carboxylic acids is 2. The number of amides is 2. The van der Waals surface area contributed by atoms with Crippen LogP contribution in [0.1, 0.15) is 31.2 Å². The van der Waals surface area contributed by atoms with Crippen LogP contribution in [0.15, 0.2) is 24.3 Å². The molecule has 2 amide bonds. The van der Waals surface area contributed by atoms with Gasteiger partial charge in [-0.3, -0.25) is 14.5 Å². The molecule has 26 heavy (non-hydrogen) atoms. The van der Waals surface area contributed by atoms with Gasteiger partial charge >= 0.3 is 0 Å². The first-order chi connectivity index (χ1) is 12.6. The molecule has 1 aromatic carbocycles. The van der Waals surface area contributed by atoms with Gasteiger partial charge in [0.1, 0.15) is 5.75 Å². The van der Waals surface area contributed by atoms with Gasteiger partial charge < -0.3 is 15.0 Å². The second-order valence-corrected chi connectivity index (χ2v) is 7.22. The smallest absolute Gasteiger partial charge is 0.234 e. The molecule has 0 bridgehead atoms. The Hall–Kier alpha value is -2.08. The molecule has 0 spiro atoms. The SMILES string of the molecule is Cc1ccccc1OCCCC(=O)N1CCN(CC(=O)NC2CC2)CC1. The summed E-state index contributed by atoms with van der Waals surface area (Å²) < 4.78 is 5.75. The summed E-state index contributed by atoms with van der Waals surface area (Å²) in [7, 11) is 0. The molecular formula is C20H29N3O3. The minimum atomic E-state index is 0.112. The minimum absolute atomic E-state index is 0.112. The van der Waals surface area contributed by atoms with Gasteiger partial charge in [0.05, 0.1) is 13.2 Å². The maximum atomic E-state index is 12.3. The van der Waals surface area contributed by atoms with Crippen molar-refractivity contribution in [2.45, 2.75) is 38.6 Å². The minimum Gasteiger partial charge on any atom is -0.493 e. The third-order valence-electron chi connectivity index (χ3n) is 4.92. The summed E-state index contributed by atoms with van der Waals surface area (Å²) in [5.41, 5.74) is 1.11. The first-order valence-electron chi connectivity index (χ1n) is 9.60. The number of piperazine rings is 1. The molecule has 3 rings (SSSR count). The van der Waals surface area contributed by atoms with E-state index in [1.54, 1.807) is 0 Å². The van der Waals surface area contributed by atoms with E-state index in [4.69, 9.17) is 4.74 Å². The molecule has 142 valence electrons. The quantitative estimate of drug-likeness (QED) is 0.716. The molecule has 1 saturated heterocycles. The summed E-state index contributed by atoms with van der Waals surface area (Å²) in [5.74, 6) is 1.18. The number of benzene rings is 1. The summed E-state index contributed by atoms with van der Waals surface area (Å²) in [5, 5.41) is 3.01. The molecule has 0 unspecified atom stereocenters. The first kappa shape index (κ1) is 18.7. The lowest BCUT2D eigenvalue weighted by Gasteiger charge is -2.34. The summed E-state index contributed by atoms with van der Waals surface area (Å²) in [6.07, 6.45) is 3.45. The predicted octanol–water partition coefficient (Wildman–Crippen LogP) is 1.58. The van der Waals surface area contributed by atoms with Crippen LogP contribution in [0.2, 0.25) is 0 Å². The van der Waals surface area contributed by atoms with Gasteiger partial charge in [0.2, 0.25) is 11.8 Å². The normalized spacial score (nSPS) is 17.8. The van der Waals surface area contributed by atoms with Crippen LogP contribution in [-0.2, 0) is 9.59 Å². The maximum Gasteiger partial charge on any atom is 0.234 e. The fraction of sp³-hybridized carbons (Fsp3) is 0.600. The number of nitrogens with one attached hydrogen (secondary N) is 1. The van der Waals surface area contributed by atoms with Crippen LogP contribution in [0.4, 0.5) is 0 Å². The summed E-state index contributed by atoms with van der Waals surface area (Å²) in [6, 6.07) is 8.33. The van der Waals surface area contributed by atoms with Crippen molar-refractivity contribution in [2.24, 2.45) is 0 Å². The Kier molecular flexibility index (Phi) is 6.50. The Labute approximate surface area is 155 Å². The van der Waals surface area contributed by atoms with Gasteiger partial charge in [0, 0.05) is 38.6 Å². The molecule has 1 aliphatic carbocycles. The monoisotopic (exact) mass is 359 g/mol. The molecule has 1 saturated carbocycles. The molecule has 6 heteroatoms. The Morgan fingerprint density at radius 2 is 1.88 bits per heavy atom. The van der Waals surface area contributed by atoms with Crippen molar-refractivity contribution in [1.82, 2.24) is 15.1 Å². The predicted molar refractivity (Wildman–Crippen MR) is 100 cm³/mol. The third-order valence-corrected chi connectivity index (χ3v) is 4.92. The van der Waals surface area contributed by atoms with E-state index < -0.39 is 0 Å². The number of para-hydroxylation sites is 1. The van der Waals surface area contributed by atoms with Gasteiger partial charge in [-0.05, 0) is 37.8 Å². The van der Waals surface area contributed by atoms with Crippen molar-refractivity contribution >= 4 is 11.8 Å². The molecule has 6 nitrogen and oxygen atoms in total. The van der Waals surface area contributed by atoms with Crippen molar-refractivity contribution in [2.75, 3.05) is 39.3 Å². The van der Waals surface area contributed by atoms with E-state index >= 15 is 0 Å². The van der Waals surface area contributed by atoms with E-state index in [0.717, 1.165) is 43.7 Å². The van der Waals surface area contributed by atoms with Crippen LogP contribution in [0, 0.1) is 6.92 Å². The lowest BCUT2D eigenvalue weighted by Crippen LogP contribution is -2.51. The Morgan fingerprint density at radius 3 is 2.58 bits per heavy atom. The van der Waals surface area contributed by atoms with Gasteiger partial charge in [0.15, 0.2) is 0 Å². The Morgan fingerprint density at radius 1 is 1.15 bits per heavy atom. The largest absolute Gasteiger partial charge is 0.493 e. The highest BCUT2D eigenvalue weighted by Crippen LogP contribution is 2.18. The van der Waals surface area contributed by atoms with E-state index in [0.29, 0.717) is 38.7 Å². The average molecular weight is 359 g/mol. The average Bonchev–Trinajstić information content (AvgIpc) is 3.44. The highest BCUT2D eigenvalue weighted by molar-refractivity contribution is 5.79. The zero-order valence-corrected chi connectivity index (χ0v) is 15.6. The van der Waals surface area contributed by atoms with Crippen LogP contribution < -0.4 is 10.1 Å². The van der Waals surface area contributed by atoms with Crippen molar-refractivity contribution in [3.8, 4) is 5.75 Å².